The second-order valence-electron chi connectivity index (χ2n) is 4.53. The quantitative estimate of drug-likeness (QED) is 0.712. The largest absolute Gasteiger partial charge is 0.310 e. The fourth-order valence-electron chi connectivity index (χ4n) is 2.78. The van der Waals surface area contributed by atoms with E-state index in [1.807, 2.05) is 0 Å². The summed E-state index contributed by atoms with van der Waals surface area (Å²) in [6.45, 7) is 1.20. The molecular formula is C13H17N. The summed E-state index contributed by atoms with van der Waals surface area (Å²) in [5.41, 5.74) is 4.71. The van der Waals surface area contributed by atoms with Gasteiger partial charge >= 0.3 is 0 Å². The summed E-state index contributed by atoms with van der Waals surface area (Å²) in [4.78, 5) is 0. The number of fused-ring (bicyclic) bond motifs is 1. The lowest BCUT2D eigenvalue weighted by Crippen LogP contribution is -2.12. The topological polar surface area (TPSA) is 12.0 Å². The summed E-state index contributed by atoms with van der Waals surface area (Å²) in [7, 11) is 0. The molecule has 1 nitrogen and oxygen atoms in total. The number of benzene rings is 1. The minimum absolute atomic E-state index is 0.640. The third-order valence-electron chi connectivity index (χ3n) is 3.59. The molecule has 2 aliphatic rings. The molecule has 0 spiro atoms. The van der Waals surface area contributed by atoms with Gasteiger partial charge in [0.2, 0.25) is 0 Å². The number of nitrogens with one attached hydrogen (secondary N) is 1. The first-order valence-electron chi connectivity index (χ1n) is 5.78. The normalized spacial score (nSPS) is 25.3. The molecule has 1 aliphatic carbocycles. The Morgan fingerprint density at radius 3 is 2.86 bits per heavy atom. The fourth-order valence-corrected chi connectivity index (χ4v) is 2.78. The molecule has 14 heavy (non-hydrogen) atoms. The van der Waals surface area contributed by atoms with Gasteiger partial charge < -0.3 is 5.32 Å². The molecule has 0 unspecified atom stereocenters. The molecule has 0 bridgehead atoms. The van der Waals surface area contributed by atoms with Crippen molar-refractivity contribution in [2.24, 2.45) is 0 Å². The standard InChI is InChI=1S/C13H17N/c1-3-10-6-7-12(9-11(10)4-1)13-5-2-8-14-13/h6-7,9,13-14H,1-5,8H2/t13-/m0/s1. The molecule has 1 aromatic carbocycles. The van der Waals surface area contributed by atoms with Crippen LogP contribution in [0.1, 0.15) is 42.0 Å². The Hall–Kier alpha value is -0.820. The minimum Gasteiger partial charge on any atom is -0.310 e. The van der Waals surface area contributed by atoms with Gasteiger partial charge in [0.15, 0.2) is 0 Å². The maximum atomic E-state index is 3.56. The highest BCUT2D eigenvalue weighted by Crippen LogP contribution is 2.28. The first-order valence-corrected chi connectivity index (χ1v) is 5.78. The molecule has 1 heteroatoms. The van der Waals surface area contributed by atoms with Crippen LogP contribution >= 0.6 is 0 Å². The second kappa shape index (κ2) is 3.39. The van der Waals surface area contributed by atoms with Crippen LogP contribution in [-0.2, 0) is 12.8 Å². The van der Waals surface area contributed by atoms with Crippen LogP contribution in [0, 0.1) is 0 Å². The molecule has 1 heterocycles. The Kier molecular flexibility index (Phi) is 2.06. The van der Waals surface area contributed by atoms with E-state index >= 15 is 0 Å². The molecule has 1 N–H and O–H groups in total. The number of hydrogen-bond acceptors (Lipinski definition) is 1. The smallest absolute Gasteiger partial charge is 0.0320 e. The van der Waals surface area contributed by atoms with Gasteiger partial charge in [0, 0.05) is 6.04 Å². The van der Waals surface area contributed by atoms with Crippen LogP contribution in [0.4, 0.5) is 0 Å². The Bertz CT molecular complexity index is 337. The van der Waals surface area contributed by atoms with Crippen molar-refractivity contribution in [2.75, 3.05) is 6.54 Å². The summed E-state index contributed by atoms with van der Waals surface area (Å²) in [6.07, 6.45) is 6.61. The molecule has 0 saturated carbocycles. The first kappa shape index (κ1) is 8.49. The van der Waals surface area contributed by atoms with Crippen LogP contribution in [0.5, 0.6) is 0 Å². The Morgan fingerprint density at radius 1 is 1.07 bits per heavy atom. The van der Waals surface area contributed by atoms with Crippen LogP contribution in [0.2, 0.25) is 0 Å². The van der Waals surface area contributed by atoms with Crippen LogP contribution in [-0.4, -0.2) is 6.54 Å². The Labute approximate surface area is 85.5 Å². The first-order chi connectivity index (χ1) is 6.93. The van der Waals surface area contributed by atoms with Gasteiger partial charge in [-0.3, -0.25) is 0 Å². The minimum atomic E-state index is 0.640. The maximum Gasteiger partial charge on any atom is 0.0320 e. The van der Waals surface area contributed by atoms with Gasteiger partial charge in [-0.25, -0.2) is 0 Å². The zero-order valence-electron chi connectivity index (χ0n) is 8.55. The highest BCUT2D eigenvalue weighted by molar-refractivity contribution is 5.36. The van der Waals surface area contributed by atoms with E-state index in [0.717, 1.165) is 0 Å². The van der Waals surface area contributed by atoms with E-state index < -0.39 is 0 Å². The second-order valence-corrected chi connectivity index (χ2v) is 4.53. The van der Waals surface area contributed by atoms with Crippen molar-refractivity contribution in [2.45, 2.75) is 38.1 Å². The fraction of sp³-hybridized carbons (Fsp3) is 0.538. The lowest BCUT2D eigenvalue weighted by atomic mass is 10.0. The summed E-state index contributed by atoms with van der Waals surface area (Å²) in [5.74, 6) is 0. The van der Waals surface area contributed by atoms with Crippen LogP contribution in [0.25, 0.3) is 0 Å². The van der Waals surface area contributed by atoms with Crippen molar-refractivity contribution in [3.05, 3.63) is 34.9 Å². The van der Waals surface area contributed by atoms with Gasteiger partial charge in [-0.15, -0.1) is 0 Å². The van der Waals surface area contributed by atoms with Gasteiger partial charge in [0.1, 0.15) is 0 Å². The molecule has 1 atom stereocenters. The van der Waals surface area contributed by atoms with E-state index in [-0.39, 0.29) is 0 Å². The molecule has 0 aromatic heterocycles. The van der Waals surface area contributed by atoms with Gasteiger partial charge in [-0.1, -0.05) is 18.2 Å². The van der Waals surface area contributed by atoms with Gasteiger partial charge in [0.05, 0.1) is 0 Å². The zero-order chi connectivity index (χ0) is 9.38. The van der Waals surface area contributed by atoms with Crippen molar-refractivity contribution < 1.29 is 0 Å². The molecule has 1 aliphatic heterocycles. The molecule has 74 valence electrons. The average Bonchev–Trinajstić information content (AvgIpc) is 2.88. The molecule has 1 fully saturated rings. The zero-order valence-corrected chi connectivity index (χ0v) is 8.55. The lowest BCUT2D eigenvalue weighted by Gasteiger charge is -2.12. The Balaban J connectivity index is 1.91. The van der Waals surface area contributed by atoms with Crippen LogP contribution in [0.15, 0.2) is 18.2 Å². The molecular weight excluding hydrogens is 170 g/mol. The van der Waals surface area contributed by atoms with E-state index in [2.05, 4.69) is 23.5 Å². The average molecular weight is 187 g/mol. The number of aryl methyl sites for hydroxylation is 2. The van der Waals surface area contributed by atoms with Crippen molar-refractivity contribution in [3.63, 3.8) is 0 Å². The molecule has 1 aromatic rings. The monoisotopic (exact) mass is 187 g/mol. The highest BCUT2D eigenvalue weighted by atomic mass is 14.9. The predicted molar refractivity (Wildman–Crippen MR) is 58.4 cm³/mol. The van der Waals surface area contributed by atoms with Crippen molar-refractivity contribution >= 4 is 0 Å². The Morgan fingerprint density at radius 2 is 2.00 bits per heavy atom. The summed E-state index contributed by atoms with van der Waals surface area (Å²) < 4.78 is 0. The van der Waals surface area contributed by atoms with E-state index in [1.54, 1.807) is 11.1 Å². The maximum absolute atomic E-state index is 3.56. The molecule has 3 rings (SSSR count). The van der Waals surface area contributed by atoms with Crippen molar-refractivity contribution in [3.8, 4) is 0 Å². The molecule has 1 saturated heterocycles. The van der Waals surface area contributed by atoms with E-state index in [9.17, 15) is 0 Å². The van der Waals surface area contributed by atoms with Gasteiger partial charge in [-0.05, 0) is 55.3 Å². The highest BCUT2D eigenvalue weighted by Gasteiger charge is 2.18. The van der Waals surface area contributed by atoms with Crippen molar-refractivity contribution in [1.29, 1.82) is 0 Å². The predicted octanol–water partition coefficient (Wildman–Crippen LogP) is 2.60. The van der Waals surface area contributed by atoms with Crippen LogP contribution < -0.4 is 5.32 Å². The van der Waals surface area contributed by atoms with E-state index in [4.69, 9.17) is 0 Å². The van der Waals surface area contributed by atoms with Crippen molar-refractivity contribution in [1.82, 2.24) is 5.32 Å². The lowest BCUT2D eigenvalue weighted by molar-refractivity contribution is 0.647. The molecule has 0 amide bonds. The summed E-state index contributed by atoms with van der Waals surface area (Å²) in [5, 5.41) is 3.56. The van der Waals surface area contributed by atoms with Crippen LogP contribution in [0.3, 0.4) is 0 Å². The third-order valence-corrected chi connectivity index (χ3v) is 3.59. The van der Waals surface area contributed by atoms with Gasteiger partial charge in [-0.2, -0.15) is 0 Å². The third kappa shape index (κ3) is 1.36. The van der Waals surface area contributed by atoms with E-state index in [1.165, 1.54) is 44.2 Å². The number of hydrogen-bond donors (Lipinski definition) is 1. The van der Waals surface area contributed by atoms with Gasteiger partial charge in [0.25, 0.3) is 0 Å². The molecule has 0 radical (unpaired) electrons. The summed E-state index contributed by atoms with van der Waals surface area (Å²) in [6, 6.07) is 7.75. The van der Waals surface area contributed by atoms with E-state index in [0.29, 0.717) is 6.04 Å². The SMILES string of the molecule is c1cc2c(cc1[C@@H]1CCCN1)CCC2. The summed E-state index contributed by atoms with van der Waals surface area (Å²) >= 11 is 0. The number of rotatable bonds is 1.